The predicted octanol–water partition coefficient (Wildman–Crippen LogP) is 1.91. The highest BCUT2D eigenvalue weighted by Gasteiger charge is 2.30. The lowest BCUT2D eigenvalue weighted by Gasteiger charge is -2.37. The summed E-state index contributed by atoms with van der Waals surface area (Å²) in [5.74, 6) is 1.70. The first-order valence-electron chi connectivity index (χ1n) is 7.36. The Morgan fingerprint density at radius 1 is 1.12 bits per heavy atom. The summed E-state index contributed by atoms with van der Waals surface area (Å²) in [6, 6.07) is 0.721. The molecule has 0 radical (unpaired) electrons. The molecule has 17 heavy (non-hydrogen) atoms. The topological polar surface area (TPSA) is 47.3 Å². The van der Waals surface area contributed by atoms with E-state index in [-0.39, 0.29) is 0 Å². The fraction of sp³-hybridized carbons (Fsp3) is 1.00. The maximum atomic E-state index is 5.72. The molecule has 100 valence electrons. The second kappa shape index (κ2) is 6.72. The summed E-state index contributed by atoms with van der Waals surface area (Å²) in [5, 5.41) is 3.70. The molecule has 2 aliphatic carbocycles. The molecule has 0 aromatic heterocycles. The number of hydrogen-bond donors (Lipinski definition) is 2. The van der Waals surface area contributed by atoms with Gasteiger partial charge < -0.3 is 15.8 Å². The molecule has 0 aromatic rings. The molecule has 0 heterocycles. The highest BCUT2D eigenvalue weighted by Crippen LogP contribution is 2.29. The maximum absolute atomic E-state index is 5.72. The Hall–Kier alpha value is -0.120. The molecule has 2 aliphatic rings. The van der Waals surface area contributed by atoms with Crippen LogP contribution in [0.15, 0.2) is 0 Å². The third-order valence-electron chi connectivity index (χ3n) is 4.49. The van der Waals surface area contributed by atoms with E-state index in [0.29, 0.717) is 6.10 Å². The smallest absolute Gasteiger partial charge is 0.0604 e. The van der Waals surface area contributed by atoms with Crippen LogP contribution in [0.3, 0.4) is 0 Å². The maximum Gasteiger partial charge on any atom is 0.0604 e. The average Bonchev–Trinajstić information content (AvgIpc) is 2.32. The normalized spacial score (nSPS) is 37.8. The van der Waals surface area contributed by atoms with Crippen LogP contribution in [0.4, 0.5) is 0 Å². The minimum absolute atomic E-state index is 0.533. The summed E-state index contributed by atoms with van der Waals surface area (Å²) in [7, 11) is 0. The van der Waals surface area contributed by atoms with Crippen molar-refractivity contribution in [2.75, 3.05) is 19.7 Å². The van der Waals surface area contributed by atoms with Crippen LogP contribution in [0.1, 0.15) is 45.4 Å². The number of nitrogens with one attached hydrogen (secondary N) is 1. The molecule has 3 N–H and O–H groups in total. The van der Waals surface area contributed by atoms with Crippen LogP contribution in [0, 0.1) is 11.8 Å². The molecule has 0 atom stereocenters. The van der Waals surface area contributed by atoms with Crippen LogP contribution in [-0.4, -0.2) is 31.8 Å². The van der Waals surface area contributed by atoms with Gasteiger partial charge in [0.1, 0.15) is 0 Å². The van der Waals surface area contributed by atoms with Crippen molar-refractivity contribution in [2.24, 2.45) is 17.6 Å². The molecular formula is C14H28N2O. The zero-order valence-electron chi connectivity index (χ0n) is 11.2. The molecular weight excluding hydrogens is 212 g/mol. The van der Waals surface area contributed by atoms with Gasteiger partial charge in [0.2, 0.25) is 0 Å². The molecule has 0 bridgehead atoms. The van der Waals surface area contributed by atoms with Gasteiger partial charge in [0.25, 0.3) is 0 Å². The van der Waals surface area contributed by atoms with E-state index in [1.165, 1.54) is 45.1 Å². The van der Waals surface area contributed by atoms with Crippen molar-refractivity contribution in [1.82, 2.24) is 5.32 Å². The Bertz CT molecular complexity index is 208. The standard InChI is InChI=1S/C14H28N2O/c1-2-17-14-7-13(8-14)16-10-12-5-3-11(9-15)4-6-12/h11-14,16H,2-10,15H2,1H3. The van der Waals surface area contributed by atoms with Gasteiger partial charge >= 0.3 is 0 Å². The van der Waals surface area contributed by atoms with Crippen LogP contribution in [0.5, 0.6) is 0 Å². The molecule has 0 spiro atoms. The molecule has 3 nitrogen and oxygen atoms in total. The van der Waals surface area contributed by atoms with E-state index in [1.54, 1.807) is 0 Å². The zero-order chi connectivity index (χ0) is 12.1. The Kier molecular flexibility index (Phi) is 5.26. The van der Waals surface area contributed by atoms with Crippen LogP contribution in [0.2, 0.25) is 0 Å². The van der Waals surface area contributed by atoms with E-state index in [9.17, 15) is 0 Å². The van der Waals surface area contributed by atoms with Crippen molar-refractivity contribution in [3.63, 3.8) is 0 Å². The fourth-order valence-electron chi connectivity index (χ4n) is 3.11. The molecule has 2 fully saturated rings. The Balaban J connectivity index is 1.52. The Morgan fingerprint density at radius 3 is 2.35 bits per heavy atom. The molecule has 0 aromatic carbocycles. The summed E-state index contributed by atoms with van der Waals surface area (Å²) in [6.07, 6.45) is 8.39. The summed E-state index contributed by atoms with van der Waals surface area (Å²) < 4.78 is 5.57. The Labute approximate surface area is 105 Å². The van der Waals surface area contributed by atoms with Gasteiger partial charge in [-0.3, -0.25) is 0 Å². The number of hydrogen-bond acceptors (Lipinski definition) is 3. The molecule has 2 saturated carbocycles. The monoisotopic (exact) mass is 240 g/mol. The largest absolute Gasteiger partial charge is 0.378 e. The van der Waals surface area contributed by atoms with Gasteiger partial charge in [0, 0.05) is 12.6 Å². The number of ether oxygens (including phenoxy) is 1. The van der Waals surface area contributed by atoms with Crippen LogP contribution < -0.4 is 11.1 Å². The van der Waals surface area contributed by atoms with E-state index in [4.69, 9.17) is 10.5 Å². The van der Waals surface area contributed by atoms with E-state index in [1.807, 2.05) is 0 Å². The van der Waals surface area contributed by atoms with Crippen LogP contribution >= 0.6 is 0 Å². The predicted molar refractivity (Wildman–Crippen MR) is 70.9 cm³/mol. The molecule has 3 heteroatoms. The second-order valence-corrected chi connectivity index (χ2v) is 5.78. The molecule has 0 amide bonds. The van der Waals surface area contributed by atoms with Crippen molar-refractivity contribution in [3.05, 3.63) is 0 Å². The lowest BCUT2D eigenvalue weighted by atomic mass is 9.81. The summed E-state index contributed by atoms with van der Waals surface area (Å²) >= 11 is 0. The van der Waals surface area contributed by atoms with E-state index in [0.717, 1.165) is 31.0 Å². The van der Waals surface area contributed by atoms with Gasteiger partial charge in [-0.1, -0.05) is 0 Å². The first kappa shape index (κ1) is 13.3. The fourth-order valence-corrected chi connectivity index (χ4v) is 3.11. The Morgan fingerprint density at radius 2 is 1.76 bits per heavy atom. The molecule has 0 unspecified atom stereocenters. The highest BCUT2D eigenvalue weighted by atomic mass is 16.5. The van der Waals surface area contributed by atoms with Crippen LogP contribution in [-0.2, 0) is 4.74 Å². The third-order valence-corrected chi connectivity index (χ3v) is 4.49. The minimum Gasteiger partial charge on any atom is -0.378 e. The van der Waals surface area contributed by atoms with Gasteiger partial charge in [-0.05, 0) is 70.4 Å². The van der Waals surface area contributed by atoms with Crippen molar-refractivity contribution in [1.29, 1.82) is 0 Å². The average molecular weight is 240 g/mol. The quantitative estimate of drug-likeness (QED) is 0.745. The highest BCUT2D eigenvalue weighted by molar-refractivity contribution is 4.87. The first-order valence-corrected chi connectivity index (χ1v) is 7.36. The van der Waals surface area contributed by atoms with Crippen molar-refractivity contribution < 1.29 is 4.74 Å². The molecule has 0 saturated heterocycles. The SMILES string of the molecule is CCOC1CC(NCC2CCC(CN)CC2)C1. The van der Waals surface area contributed by atoms with Gasteiger partial charge in [0.15, 0.2) is 0 Å². The van der Waals surface area contributed by atoms with Gasteiger partial charge in [0.05, 0.1) is 6.10 Å². The lowest BCUT2D eigenvalue weighted by molar-refractivity contribution is -0.0109. The molecule has 2 rings (SSSR count). The van der Waals surface area contributed by atoms with E-state index in [2.05, 4.69) is 12.2 Å². The van der Waals surface area contributed by atoms with Gasteiger partial charge in [-0.2, -0.15) is 0 Å². The summed E-state index contributed by atoms with van der Waals surface area (Å²) in [4.78, 5) is 0. The van der Waals surface area contributed by atoms with Crippen molar-refractivity contribution in [2.45, 2.75) is 57.6 Å². The minimum atomic E-state index is 0.533. The zero-order valence-corrected chi connectivity index (χ0v) is 11.2. The number of rotatable bonds is 6. The van der Waals surface area contributed by atoms with E-state index >= 15 is 0 Å². The van der Waals surface area contributed by atoms with Crippen molar-refractivity contribution >= 4 is 0 Å². The molecule has 0 aliphatic heterocycles. The second-order valence-electron chi connectivity index (χ2n) is 5.78. The first-order chi connectivity index (χ1) is 8.31. The van der Waals surface area contributed by atoms with E-state index < -0.39 is 0 Å². The van der Waals surface area contributed by atoms with Crippen LogP contribution in [0.25, 0.3) is 0 Å². The third kappa shape index (κ3) is 3.94. The lowest BCUT2D eigenvalue weighted by Crippen LogP contribution is -2.47. The van der Waals surface area contributed by atoms with Crippen molar-refractivity contribution in [3.8, 4) is 0 Å². The number of nitrogens with two attached hydrogens (primary N) is 1. The summed E-state index contributed by atoms with van der Waals surface area (Å²) in [6.45, 7) is 5.04. The van der Waals surface area contributed by atoms with Gasteiger partial charge in [-0.15, -0.1) is 0 Å². The van der Waals surface area contributed by atoms with Gasteiger partial charge in [-0.25, -0.2) is 0 Å². The summed E-state index contributed by atoms with van der Waals surface area (Å²) in [5.41, 5.74) is 5.72.